The predicted octanol–water partition coefficient (Wildman–Crippen LogP) is 8.31. The SMILES string of the molecule is CCCCCCOc1c(OC(C)=O)c(=O)oc2cc(O[C@@H]3O[C@H](COC(=O)c4ccccc4)[C@@H](OC(=O)c4ccccc4)[C@H](OC(=O)c4ccccc4)[C@H]3OC(=O)c3ccccc3)ccc12. The number of unbranched alkanes of at least 4 members (excludes halogenated alkanes) is 3. The molecule has 5 aromatic carbocycles. The highest BCUT2D eigenvalue weighted by Gasteiger charge is 2.54. The molecule has 340 valence electrons. The van der Waals surface area contributed by atoms with E-state index in [9.17, 15) is 28.8 Å². The van der Waals surface area contributed by atoms with Crippen LogP contribution in [0.15, 0.2) is 149 Å². The Kier molecular flexibility index (Phi) is 15.6. The minimum Gasteiger partial charge on any atom is -0.489 e. The van der Waals surface area contributed by atoms with Crippen molar-refractivity contribution in [2.75, 3.05) is 13.2 Å². The van der Waals surface area contributed by atoms with Crippen LogP contribution in [0.5, 0.6) is 17.2 Å². The van der Waals surface area contributed by atoms with Crippen LogP contribution in [0.1, 0.15) is 81.0 Å². The second-order valence-electron chi connectivity index (χ2n) is 15.0. The molecule has 1 aliphatic rings. The molecule has 0 aliphatic carbocycles. The van der Waals surface area contributed by atoms with Crippen LogP contribution in [-0.4, -0.2) is 73.8 Å². The molecule has 0 N–H and O–H groups in total. The summed E-state index contributed by atoms with van der Waals surface area (Å²) in [5.41, 5.74) is -0.491. The molecular weight excluding hydrogens is 853 g/mol. The Morgan fingerprint density at radius 1 is 0.576 bits per heavy atom. The smallest absolute Gasteiger partial charge is 0.383 e. The molecule has 15 heteroatoms. The molecule has 66 heavy (non-hydrogen) atoms. The lowest BCUT2D eigenvalue weighted by molar-refractivity contribution is -0.275. The topological polar surface area (TPSA) is 189 Å². The van der Waals surface area contributed by atoms with Crippen molar-refractivity contribution in [3.05, 3.63) is 172 Å². The highest BCUT2D eigenvalue weighted by molar-refractivity contribution is 5.92. The number of fused-ring (bicyclic) bond motifs is 1. The van der Waals surface area contributed by atoms with Gasteiger partial charge in [0.05, 0.1) is 34.2 Å². The van der Waals surface area contributed by atoms with E-state index in [-0.39, 0.29) is 51.3 Å². The van der Waals surface area contributed by atoms with Gasteiger partial charge in [0.25, 0.3) is 5.75 Å². The molecule has 7 rings (SSSR count). The van der Waals surface area contributed by atoms with Crippen molar-refractivity contribution >= 4 is 40.8 Å². The van der Waals surface area contributed by atoms with E-state index < -0.39 is 78.5 Å². The van der Waals surface area contributed by atoms with Gasteiger partial charge in [0.2, 0.25) is 12.4 Å². The van der Waals surface area contributed by atoms with Crippen molar-refractivity contribution in [2.24, 2.45) is 0 Å². The zero-order chi connectivity index (χ0) is 46.4. The summed E-state index contributed by atoms with van der Waals surface area (Å²) in [7, 11) is 0. The fourth-order valence-corrected chi connectivity index (χ4v) is 7.04. The Morgan fingerprint density at radius 3 is 1.62 bits per heavy atom. The maximum absolute atomic E-state index is 14.0. The second-order valence-corrected chi connectivity index (χ2v) is 15.0. The largest absolute Gasteiger partial charge is 0.489 e. The van der Waals surface area contributed by atoms with Gasteiger partial charge in [-0.1, -0.05) is 99.0 Å². The van der Waals surface area contributed by atoms with E-state index >= 15 is 0 Å². The Labute approximate surface area is 379 Å². The van der Waals surface area contributed by atoms with Crippen molar-refractivity contribution in [2.45, 2.75) is 70.2 Å². The molecule has 0 spiro atoms. The molecule has 2 heterocycles. The van der Waals surface area contributed by atoms with Crippen molar-refractivity contribution in [3.63, 3.8) is 0 Å². The number of ether oxygens (including phenoxy) is 8. The zero-order valence-electron chi connectivity index (χ0n) is 36.0. The van der Waals surface area contributed by atoms with Crippen molar-refractivity contribution in [3.8, 4) is 17.2 Å². The van der Waals surface area contributed by atoms with Crippen LogP contribution in [0.2, 0.25) is 0 Å². The first-order chi connectivity index (χ1) is 32.1. The molecule has 0 radical (unpaired) electrons. The van der Waals surface area contributed by atoms with Crippen LogP contribution in [0.25, 0.3) is 11.0 Å². The van der Waals surface area contributed by atoms with Gasteiger partial charge in [-0.25, -0.2) is 24.0 Å². The molecule has 5 atom stereocenters. The zero-order valence-corrected chi connectivity index (χ0v) is 36.0. The summed E-state index contributed by atoms with van der Waals surface area (Å²) in [6.45, 7) is 2.85. The molecule has 0 bridgehead atoms. The standard InChI is InChI=1S/C51H46O15/c1-3-4-5-18-29-58-41-38-28-27-37(30-39(38)62-50(57)44(41)60-32(2)52)61-51-45(66-49(56)36-25-16-9-17-26-36)43(65-48(55)35-23-14-8-15-24-35)42(64-47(54)34-21-12-7-13-22-34)40(63-51)31-59-46(53)33-19-10-6-11-20-33/h6-17,19-28,30,40,42-43,45,51H,3-5,18,29,31H2,1-2H3/t40-,42-,43+,45-,51-/m1/s1. The van der Waals surface area contributed by atoms with Gasteiger partial charge in [-0.15, -0.1) is 0 Å². The number of benzene rings is 5. The van der Waals surface area contributed by atoms with Gasteiger partial charge < -0.3 is 42.3 Å². The summed E-state index contributed by atoms with van der Waals surface area (Å²) in [5.74, 6) is -4.60. The maximum Gasteiger partial charge on any atom is 0.383 e. The maximum atomic E-state index is 14.0. The van der Waals surface area contributed by atoms with Gasteiger partial charge in [-0.2, -0.15) is 0 Å². The van der Waals surface area contributed by atoms with Gasteiger partial charge in [-0.3, -0.25) is 4.79 Å². The summed E-state index contributed by atoms with van der Waals surface area (Å²) >= 11 is 0. The third-order valence-corrected chi connectivity index (χ3v) is 10.3. The summed E-state index contributed by atoms with van der Waals surface area (Å²) < 4.78 is 53.9. The molecule has 1 fully saturated rings. The molecule has 0 saturated carbocycles. The lowest BCUT2D eigenvalue weighted by atomic mass is 9.97. The highest BCUT2D eigenvalue weighted by atomic mass is 16.7. The fraction of sp³-hybridized carbons (Fsp3) is 0.255. The van der Waals surface area contributed by atoms with E-state index in [1.54, 1.807) is 84.9 Å². The molecule has 1 aliphatic heterocycles. The monoisotopic (exact) mass is 898 g/mol. The average molecular weight is 899 g/mol. The number of hydrogen-bond acceptors (Lipinski definition) is 15. The Hall–Kier alpha value is -7.78. The third-order valence-electron chi connectivity index (χ3n) is 10.3. The fourth-order valence-electron chi connectivity index (χ4n) is 7.04. The van der Waals surface area contributed by atoms with Crippen LogP contribution >= 0.6 is 0 Å². The average Bonchev–Trinajstić information content (AvgIpc) is 3.34. The molecule has 6 aromatic rings. The predicted molar refractivity (Wildman–Crippen MR) is 236 cm³/mol. The lowest BCUT2D eigenvalue weighted by Crippen LogP contribution is -2.63. The third kappa shape index (κ3) is 11.7. The molecule has 0 unspecified atom stereocenters. The van der Waals surface area contributed by atoms with Gasteiger partial charge in [0.15, 0.2) is 18.0 Å². The van der Waals surface area contributed by atoms with E-state index in [0.717, 1.165) is 26.2 Å². The summed E-state index contributed by atoms with van der Waals surface area (Å²) in [6, 6.07) is 36.3. The molecule has 15 nitrogen and oxygen atoms in total. The minimum absolute atomic E-state index is 0.0145. The first-order valence-electron chi connectivity index (χ1n) is 21.3. The highest BCUT2D eigenvalue weighted by Crippen LogP contribution is 2.37. The van der Waals surface area contributed by atoms with Crippen LogP contribution in [0.4, 0.5) is 0 Å². The minimum atomic E-state index is -1.70. The quantitative estimate of drug-likeness (QED) is 0.0346. The Bertz CT molecular complexity index is 2670. The van der Waals surface area contributed by atoms with E-state index in [2.05, 4.69) is 6.92 Å². The van der Waals surface area contributed by atoms with E-state index in [0.29, 0.717) is 6.42 Å². The van der Waals surface area contributed by atoms with Crippen molar-refractivity contribution in [1.29, 1.82) is 0 Å². The molecule has 0 amide bonds. The Balaban J connectivity index is 1.31. The number of hydrogen-bond donors (Lipinski definition) is 0. The van der Waals surface area contributed by atoms with Crippen LogP contribution in [-0.2, 0) is 28.5 Å². The van der Waals surface area contributed by atoms with Crippen molar-refractivity contribution in [1.82, 2.24) is 0 Å². The molecule has 1 aromatic heterocycles. The van der Waals surface area contributed by atoms with Gasteiger partial charge in [0, 0.05) is 13.0 Å². The summed E-state index contributed by atoms with van der Waals surface area (Å²) in [6.07, 6.45) is -4.62. The summed E-state index contributed by atoms with van der Waals surface area (Å²) in [4.78, 5) is 80.6. The summed E-state index contributed by atoms with van der Waals surface area (Å²) in [5, 5.41) is 0.263. The number of esters is 5. The van der Waals surface area contributed by atoms with Gasteiger partial charge >= 0.3 is 35.5 Å². The second kappa shape index (κ2) is 22.2. The van der Waals surface area contributed by atoms with Crippen molar-refractivity contribution < 1.29 is 66.3 Å². The van der Waals surface area contributed by atoms with E-state index in [4.69, 9.17) is 42.3 Å². The first-order valence-corrected chi connectivity index (χ1v) is 21.3. The number of carbonyl (C=O) groups is 5. The van der Waals surface area contributed by atoms with Crippen LogP contribution in [0, 0.1) is 0 Å². The van der Waals surface area contributed by atoms with Crippen LogP contribution < -0.4 is 19.8 Å². The number of carbonyl (C=O) groups excluding carboxylic acids is 5. The van der Waals surface area contributed by atoms with Gasteiger partial charge in [-0.05, 0) is 67.1 Å². The van der Waals surface area contributed by atoms with E-state index in [1.807, 2.05) is 0 Å². The first kappa shape index (κ1) is 46.2. The van der Waals surface area contributed by atoms with Crippen LogP contribution in [0.3, 0.4) is 0 Å². The number of rotatable bonds is 18. The normalized spacial score (nSPS) is 17.8. The molecular formula is C51H46O15. The lowest BCUT2D eigenvalue weighted by Gasteiger charge is -2.44. The molecule has 1 saturated heterocycles. The van der Waals surface area contributed by atoms with E-state index in [1.165, 1.54) is 54.6 Å². The van der Waals surface area contributed by atoms with Gasteiger partial charge in [0.1, 0.15) is 24.0 Å². The Morgan fingerprint density at radius 2 is 1.09 bits per heavy atom.